The Morgan fingerprint density at radius 2 is 2.06 bits per heavy atom. The quantitative estimate of drug-likeness (QED) is 0.176. The van der Waals surface area contributed by atoms with Gasteiger partial charge in [-0.15, -0.1) is 0 Å². The number of amides is 1. The third-order valence-corrected chi connectivity index (χ3v) is 5.96. The highest BCUT2D eigenvalue weighted by Crippen LogP contribution is 2.41. The highest BCUT2D eigenvalue weighted by Gasteiger charge is 2.32. The molecule has 0 bridgehead atoms. The average molecular weight is 464 g/mol. The summed E-state index contributed by atoms with van der Waals surface area (Å²) >= 11 is 0. The molecular formula is C25H29N5O4. The largest absolute Gasteiger partial charge is 0.487 e. The lowest BCUT2D eigenvalue weighted by atomic mass is 9.99. The van der Waals surface area contributed by atoms with Gasteiger partial charge in [0.2, 0.25) is 0 Å². The Hall–Kier alpha value is -3.85. The fourth-order valence-electron chi connectivity index (χ4n) is 4.22. The van der Waals surface area contributed by atoms with Crippen molar-refractivity contribution in [2.75, 3.05) is 26.0 Å². The van der Waals surface area contributed by atoms with Gasteiger partial charge in [-0.2, -0.15) is 0 Å². The summed E-state index contributed by atoms with van der Waals surface area (Å²) in [4.78, 5) is 28.3. The Morgan fingerprint density at radius 3 is 2.82 bits per heavy atom. The molecule has 34 heavy (non-hydrogen) atoms. The van der Waals surface area contributed by atoms with E-state index < -0.39 is 12.0 Å². The molecule has 2 aromatic carbocycles. The zero-order chi connectivity index (χ0) is 24.1. The Morgan fingerprint density at radius 1 is 1.24 bits per heavy atom. The Labute approximate surface area is 198 Å². The van der Waals surface area contributed by atoms with Crippen molar-refractivity contribution >= 4 is 34.9 Å². The summed E-state index contributed by atoms with van der Waals surface area (Å²) in [5.41, 5.74) is 5.01. The molecule has 0 saturated carbocycles. The number of fused-ring (bicyclic) bond motifs is 2. The standard InChI is InChI=1S/C25H29N5O4/c1-26-25(27-2)28-11-5-8-20(24(32)33)29-13-15-9-10-17-16(12-15)14-34-22(17)21-18-6-3-4-7-19(18)30-23(21)31/h3-4,6-7,9-10,12,20,29H,5,8,11,13-14H2,1-2H3,(H,30,31)(H,32,33)(H2,26,27,28)/t20-/m0/s1. The number of guanidine groups is 1. The maximum Gasteiger partial charge on any atom is 0.320 e. The number of hydrogen-bond acceptors (Lipinski definition) is 5. The number of hydrogen-bond donors (Lipinski definition) is 5. The predicted octanol–water partition coefficient (Wildman–Crippen LogP) is 2.15. The number of rotatable bonds is 8. The van der Waals surface area contributed by atoms with E-state index in [2.05, 4.69) is 26.3 Å². The van der Waals surface area contributed by atoms with Crippen molar-refractivity contribution in [2.24, 2.45) is 4.99 Å². The number of carbonyl (C=O) groups is 2. The van der Waals surface area contributed by atoms with E-state index in [-0.39, 0.29) is 5.91 Å². The van der Waals surface area contributed by atoms with Crippen molar-refractivity contribution in [3.63, 3.8) is 0 Å². The van der Waals surface area contributed by atoms with E-state index in [0.717, 1.165) is 27.9 Å². The second kappa shape index (κ2) is 10.4. The molecule has 0 radical (unpaired) electrons. The van der Waals surface area contributed by atoms with Crippen LogP contribution in [-0.2, 0) is 27.5 Å². The molecule has 9 nitrogen and oxygen atoms in total. The molecule has 4 rings (SSSR count). The van der Waals surface area contributed by atoms with Gasteiger partial charge in [0, 0.05) is 49.6 Å². The van der Waals surface area contributed by atoms with Gasteiger partial charge in [0.1, 0.15) is 18.4 Å². The lowest BCUT2D eigenvalue weighted by molar-refractivity contribution is -0.139. The molecular weight excluding hydrogens is 434 g/mol. The van der Waals surface area contributed by atoms with Crippen LogP contribution in [0.3, 0.4) is 0 Å². The summed E-state index contributed by atoms with van der Waals surface area (Å²) in [6.07, 6.45) is 1.17. The number of para-hydroxylation sites is 1. The van der Waals surface area contributed by atoms with Gasteiger partial charge in [0.25, 0.3) is 5.91 Å². The number of benzene rings is 2. The minimum atomic E-state index is -0.875. The normalized spacial score (nSPS) is 17.5. The second-order valence-electron chi connectivity index (χ2n) is 8.15. The van der Waals surface area contributed by atoms with E-state index in [1.165, 1.54) is 0 Å². The van der Waals surface area contributed by atoms with E-state index >= 15 is 0 Å². The van der Waals surface area contributed by atoms with Crippen LogP contribution in [0.4, 0.5) is 5.69 Å². The maximum atomic E-state index is 12.6. The van der Waals surface area contributed by atoms with Crippen LogP contribution in [0.1, 0.15) is 35.1 Å². The maximum absolute atomic E-state index is 12.6. The summed E-state index contributed by atoms with van der Waals surface area (Å²) in [5.74, 6) is 0.221. The van der Waals surface area contributed by atoms with E-state index in [9.17, 15) is 14.7 Å². The first-order chi connectivity index (χ1) is 16.5. The van der Waals surface area contributed by atoms with Crippen LogP contribution in [0.25, 0.3) is 11.3 Å². The number of ether oxygens (including phenoxy) is 1. The number of aliphatic carboxylic acids is 1. The number of nitrogens with one attached hydrogen (secondary N) is 4. The van der Waals surface area contributed by atoms with Crippen LogP contribution in [0.2, 0.25) is 0 Å². The van der Waals surface area contributed by atoms with Crippen molar-refractivity contribution in [2.45, 2.75) is 32.0 Å². The van der Waals surface area contributed by atoms with Crippen LogP contribution in [0.5, 0.6) is 0 Å². The summed E-state index contributed by atoms with van der Waals surface area (Å²) in [7, 11) is 3.46. The number of anilines is 1. The topological polar surface area (TPSA) is 124 Å². The molecule has 0 fully saturated rings. The molecule has 0 spiro atoms. The van der Waals surface area contributed by atoms with Gasteiger partial charge >= 0.3 is 5.97 Å². The third-order valence-electron chi connectivity index (χ3n) is 5.96. The van der Waals surface area contributed by atoms with Crippen LogP contribution in [0.15, 0.2) is 47.5 Å². The number of carboxylic acids is 1. The van der Waals surface area contributed by atoms with Gasteiger partial charge < -0.3 is 31.1 Å². The summed E-state index contributed by atoms with van der Waals surface area (Å²) in [5, 5.41) is 21.7. The average Bonchev–Trinajstić information content (AvgIpc) is 3.39. The molecule has 0 aliphatic carbocycles. The SMILES string of the molecule is CN=C(NC)NCCC[C@H](NCc1ccc2c(c1)COC2=C1C(=O)Nc2ccccc21)C(=O)O. The smallest absolute Gasteiger partial charge is 0.320 e. The molecule has 2 heterocycles. The molecule has 0 unspecified atom stereocenters. The fraction of sp³-hybridized carbons (Fsp3) is 0.320. The first-order valence-electron chi connectivity index (χ1n) is 11.3. The molecule has 178 valence electrons. The summed E-state index contributed by atoms with van der Waals surface area (Å²) < 4.78 is 5.94. The third kappa shape index (κ3) is 4.89. The minimum absolute atomic E-state index is 0.166. The van der Waals surface area contributed by atoms with Crippen molar-refractivity contribution in [1.29, 1.82) is 0 Å². The van der Waals surface area contributed by atoms with Crippen molar-refractivity contribution < 1.29 is 19.4 Å². The Bertz CT molecular complexity index is 1160. The molecule has 2 aliphatic rings. The zero-order valence-corrected chi connectivity index (χ0v) is 19.3. The molecule has 9 heteroatoms. The van der Waals surface area contributed by atoms with Gasteiger partial charge in [-0.1, -0.05) is 36.4 Å². The summed E-state index contributed by atoms with van der Waals surface area (Å²) in [6, 6.07) is 12.8. The van der Waals surface area contributed by atoms with Crippen molar-refractivity contribution in [3.8, 4) is 0 Å². The Balaban J connectivity index is 1.41. The van der Waals surface area contributed by atoms with Crippen LogP contribution >= 0.6 is 0 Å². The van der Waals surface area contributed by atoms with Crippen molar-refractivity contribution in [3.05, 3.63) is 64.7 Å². The molecule has 2 aliphatic heterocycles. The first-order valence-corrected chi connectivity index (χ1v) is 11.3. The van der Waals surface area contributed by atoms with Crippen LogP contribution < -0.4 is 21.3 Å². The van der Waals surface area contributed by atoms with Gasteiger partial charge in [0.15, 0.2) is 5.96 Å². The fourth-order valence-corrected chi connectivity index (χ4v) is 4.22. The monoisotopic (exact) mass is 463 g/mol. The van der Waals surface area contributed by atoms with E-state index in [4.69, 9.17) is 4.74 Å². The van der Waals surface area contributed by atoms with Gasteiger partial charge in [-0.3, -0.25) is 14.6 Å². The molecule has 0 aromatic heterocycles. The zero-order valence-electron chi connectivity index (χ0n) is 19.3. The number of nitrogens with zero attached hydrogens (tertiary/aromatic N) is 1. The molecule has 5 N–H and O–H groups in total. The second-order valence-corrected chi connectivity index (χ2v) is 8.15. The molecule has 2 aromatic rings. The number of carbonyl (C=O) groups excluding carboxylic acids is 1. The highest BCUT2D eigenvalue weighted by atomic mass is 16.5. The number of aliphatic imine (C=N–C) groups is 1. The summed E-state index contributed by atoms with van der Waals surface area (Å²) in [6.45, 7) is 1.42. The highest BCUT2D eigenvalue weighted by molar-refractivity contribution is 6.36. The predicted molar refractivity (Wildman–Crippen MR) is 131 cm³/mol. The Kier molecular flexibility index (Phi) is 7.12. The number of carboxylic acid groups (broad SMARTS) is 1. The first kappa shape index (κ1) is 23.3. The molecule has 1 atom stereocenters. The minimum Gasteiger partial charge on any atom is -0.487 e. The van der Waals surface area contributed by atoms with E-state index in [0.29, 0.717) is 49.8 Å². The van der Waals surface area contributed by atoms with Crippen LogP contribution in [-0.4, -0.2) is 49.6 Å². The lowest BCUT2D eigenvalue weighted by Gasteiger charge is -2.15. The van der Waals surface area contributed by atoms with Gasteiger partial charge in [-0.05, 0) is 24.5 Å². The lowest BCUT2D eigenvalue weighted by Crippen LogP contribution is -2.38. The van der Waals surface area contributed by atoms with Crippen molar-refractivity contribution in [1.82, 2.24) is 16.0 Å². The molecule has 1 amide bonds. The van der Waals surface area contributed by atoms with E-state index in [1.54, 1.807) is 14.1 Å². The van der Waals surface area contributed by atoms with Gasteiger partial charge in [-0.25, -0.2) is 0 Å². The molecule has 0 saturated heterocycles. The van der Waals surface area contributed by atoms with E-state index in [1.807, 2.05) is 42.5 Å². The van der Waals surface area contributed by atoms with Gasteiger partial charge in [0.05, 0.1) is 5.57 Å². The van der Waals surface area contributed by atoms with Crippen LogP contribution in [0, 0.1) is 0 Å².